The third-order valence-electron chi connectivity index (χ3n) is 6.58. The number of amides is 1. The van der Waals surface area contributed by atoms with Gasteiger partial charge in [0.2, 0.25) is 0 Å². The van der Waals surface area contributed by atoms with Gasteiger partial charge in [0.05, 0.1) is 35.8 Å². The van der Waals surface area contributed by atoms with Gasteiger partial charge in [0.1, 0.15) is 11.3 Å². The molecule has 1 unspecified atom stereocenters. The summed E-state index contributed by atoms with van der Waals surface area (Å²) in [5, 5.41) is 5.08. The van der Waals surface area contributed by atoms with Gasteiger partial charge in [0, 0.05) is 29.8 Å². The van der Waals surface area contributed by atoms with E-state index in [1.165, 1.54) is 29.6 Å². The zero-order chi connectivity index (χ0) is 23.4. The van der Waals surface area contributed by atoms with E-state index in [-0.39, 0.29) is 11.7 Å². The molecule has 0 spiro atoms. The molecule has 0 aromatic carbocycles. The van der Waals surface area contributed by atoms with Crippen LogP contribution in [0.3, 0.4) is 0 Å². The standard InChI is InChI=1S/C24H25ClN8O/c25-18-7-8-31-13-28-22-20(5-4-17(18)23(22)31)30-24(34)19(26)12-33(27)11-16-10-32-9-15(14-1-2-14)3-6-21(32)29-16/h3,6-10,12-14,20H,1-2,4-5,11,26-27H2,(H,30,34)/b19-12-. The van der Waals surface area contributed by atoms with E-state index < -0.39 is 5.91 Å². The van der Waals surface area contributed by atoms with E-state index in [0.29, 0.717) is 23.9 Å². The first-order valence-corrected chi connectivity index (χ1v) is 11.7. The van der Waals surface area contributed by atoms with E-state index in [2.05, 4.69) is 27.5 Å². The van der Waals surface area contributed by atoms with Crippen LogP contribution in [0, 0.1) is 0 Å². The summed E-state index contributed by atoms with van der Waals surface area (Å²) in [5.41, 5.74) is 11.9. The van der Waals surface area contributed by atoms with Gasteiger partial charge in [-0.3, -0.25) is 4.79 Å². The Bertz CT molecular complexity index is 1450. The number of hydrazine groups is 1. The normalized spacial score (nSPS) is 17.9. The Balaban J connectivity index is 1.14. The van der Waals surface area contributed by atoms with Crippen molar-refractivity contribution in [1.29, 1.82) is 0 Å². The lowest BCUT2D eigenvalue weighted by Gasteiger charge is -2.23. The highest BCUT2D eigenvalue weighted by Gasteiger charge is 2.28. The number of nitrogens with one attached hydrogen (secondary N) is 1. The smallest absolute Gasteiger partial charge is 0.269 e. The number of imidazole rings is 2. The average Bonchev–Trinajstić information content (AvgIpc) is 3.45. The van der Waals surface area contributed by atoms with Crippen LogP contribution in [-0.2, 0) is 17.8 Å². The third kappa shape index (κ3) is 3.76. The van der Waals surface area contributed by atoms with Crippen molar-refractivity contribution in [3.63, 3.8) is 0 Å². The number of hydrogen-bond acceptors (Lipinski definition) is 6. The van der Waals surface area contributed by atoms with Crippen LogP contribution < -0.4 is 16.9 Å². The van der Waals surface area contributed by atoms with Gasteiger partial charge in [-0.15, -0.1) is 0 Å². The Morgan fingerprint density at radius 3 is 2.91 bits per heavy atom. The van der Waals surface area contributed by atoms with Gasteiger partial charge >= 0.3 is 0 Å². The maximum atomic E-state index is 12.8. The number of nitrogens with zero attached hydrogens (tertiary/aromatic N) is 5. The first-order valence-electron chi connectivity index (χ1n) is 11.4. The summed E-state index contributed by atoms with van der Waals surface area (Å²) in [6, 6.07) is 5.77. The van der Waals surface area contributed by atoms with Gasteiger partial charge in [-0.25, -0.2) is 15.8 Å². The second-order valence-corrected chi connectivity index (χ2v) is 9.49. The van der Waals surface area contributed by atoms with E-state index in [9.17, 15) is 4.79 Å². The summed E-state index contributed by atoms with van der Waals surface area (Å²) in [6.07, 6.45) is 13.1. The molecule has 4 aromatic heterocycles. The highest BCUT2D eigenvalue weighted by atomic mass is 35.5. The Kier molecular flexibility index (Phi) is 4.96. The van der Waals surface area contributed by atoms with Crippen molar-refractivity contribution in [2.45, 2.75) is 44.2 Å². The molecule has 1 atom stereocenters. The number of pyridine rings is 2. The molecule has 34 heavy (non-hydrogen) atoms. The highest BCUT2D eigenvalue weighted by molar-refractivity contribution is 6.31. The van der Waals surface area contributed by atoms with Gasteiger partial charge in [-0.2, -0.15) is 0 Å². The maximum absolute atomic E-state index is 12.8. The topological polar surface area (TPSA) is 119 Å². The van der Waals surface area contributed by atoms with Crippen LogP contribution in [-0.4, -0.2) is 29.7 Å². The fraction of sp³-hybridized carbons (Fsp3) is 0.292. The molecule has 0 bridgehead atoms. The first-order chi connectivity index (χ1) is 16.5. The van der Waals surface area contributed by atoms with Crippen LogP contribution in [0.1, 0.15) is 53.7 Å². The van der Waals surface area contributed by atoms with Crippen LogP contribution in [0.5, 0.6) is 0 Å². The predicted molar refractivity (Wildman–Crippen MR) is 129 cm³/mol. The van der Waals surface area contributed by atoms with Crippen molar-refractivity contribution >= 4 is 28.7 Å². The molecule has 1 saturated carbocycles. The van der Waals surface area contributed by atoms with Crippen LogP contribution in [0.15, 0.2) is 55.0 Å². The first kappa shape index (κ1) is 21.0. The second-order valence-electron chi connectivity index (χ2n) is 9.08. The molecule has 0 radical (unpaired) electrons. The molecule has 5 N–H and O–H groups in total. The highest BCUT2D eigenvalue weighted by Crippen LogP contribution is 2.40. The van der Waals surface area contributed by atoms with Gasteiger partial charge < -0.3 is 24.9 Å². The molecule has 1 amide bonds. The monoisotopic (exact) mass is 476 g/mol. The van der Waals surface area contributed by atoms with Crippen molar-refractivity contribution in [3.05, 3.63) is 82.6 Å². The lowest BCUT2D eigenvalue weighted by atomic mass is 9.94. The number of aromatic nitrogens is 4. The number of rotatable bonds is 6. The number of hydrogen-bond donors (Lipinski definition) is 3. The van der Waals surface area contributed by atoms with Crippen LogP contribution >= 0.6 is 11.6 Å². The molecule has 2 aliphatic rings. The summed E-state index contributed by atoms with van der Waals surface area (Å²) >= 11 is 6.36. The Labute approximate surface area is 201 Å². The number of carbonyl (C=O) groups is 1. The molecule has 1 fully saturated rings. The Hall–Kier alpha value is -3.56. The Morgan fingerprint density at radius 1 is 1.24 bits per heavy atom. The van der Waals surface area contributed by atoms with E-state index in [1.54, 1.807) is 6.33 Å². The summed E-state index contributed by atoms with van der Waals surface area (Å²) in [5.74, 6) is 6.41. The summed E-state index contributed by atoms with van der Waals surface area (Å²) < 4.78 is 3.95. The zero-order valence-corrected chi connectivity index (χ0v) is 19.2. The molecule has 4 heterocycles. The van der Waals surface area contributed by atoms with E-state index >= 15 is 0 Å². The molecule has 9 nitrogen and oxygen atoms in total. The Morgan fingerprint density at radius 2 is 2.09 bits per heavy atom. The maximum Gasteiger partial charge on any atom is 0.269 e. The van der Waals surface area contributed by atoms with Gasteiger partial charge in [-0.05, 0) is 54.9 Å². The van der Waals surface area contributed by atoms with Crippen LogP contribution in [0.4, 0.5) is 0 Å². The lowest BCUT2D eigenvalue weighted by Crippen LogP contribution is -2.36. The lowest BCUT2D eigenvalue weighted by molar-refractivity contribution is -0.118. The second kappa shape index (κ2) is 8.03. The quantitative estimate of drug-likeness (QED) is 0.224. The van der Waals surface area contributed by atoms with Crippen LogP contribution in [0.2, 0.25) is 5.02 Å². The third-order valence-corrected chi connectivity index (χ3v) is 6.93. The van der Waals surface area contributed by atoms with Gasteiger partial charge in [0.15, 0.2) is 0 Å². The van der Waals surface area contributed by atoms with Crippen molar-refractivity contribution in [2.75, 3.05) is 0 Å². The minimum atomic E-state index is -0.392. The summed E-state index contributed by atoms with van der Waals surface area (Å²) in [7, 11) is 0. The summed E-state index contributed by atoms with van der Waals surface area (Å²) in [4.78, 5) is 21.9. The fourth-order valence-electron chi connectivity index (χ4n) is 4.72. The van der Waals surface area contributed by atoms with E-state index in [0.717, 1.165) is 34.5 Å². The van der Waals surface area contributed by atoms with Crippen molar-refractivity contribution in [2.24, 2.45) is 11.6 Å². The molecule has 4 aromatic rings. The molecule has 6 rings (SSSR count). The van der Waals surface area contributed by atoms with Crippen LogP contribution in [0.25, 0.3) is 11.2 Å². The zero-order valence-electron chi connectivity index (χ0n) is 18.5. The predicted octanol–water partition coefficient (Wildman–Crippen LogP) is 2.79. The van der Waals surface area contributed by atoms with Gasteiger partial charge in [-0.1, -0.05) is 17.7 Å². The molecule has 174 valence electrons. The SMILES string of the molecule is N/C(=C\N(N)Cc1cn2cc(C3CC3)ccc2n1)C(=O)NC1CCc2c(Cl)ccn3cnc1c23. The van der Waals surface area contributed by atoms with E-state index in [4.69, 9.17) is 23.2 Å². The van der Waals surface area contributed by atoms with E-state index in [1.807, 2.05) is 33.3 Å². The minimum absolute atomic E-state index is 0.0228. The molecular weight excluding hydrogens is 452 g/mol. The van der Waals surface area contributed by atoms with Crippen molar-refractivity contribution < 1.29 is 4.79 Å². The number of aryl methyl sites for hydroxylation is 1. The largest absolute Gasteiger partial charge is 0.393 e. The number of nitrogens with two attached hydrogens (primary N) is 2. The molecule has 2 aliphatic carbocycles. The fourth-order valence-corrected chi connectivity index (χ4v) is 4.96. The number of carbonyl (C=O) groups excluding carboxylic acids is 1. The number of halogens is 1. The minimum Gasteiger partial charge on any atom is -0.393 e. The van der Waals surface area contributed by atoms with Gasteiger partial charge in [0.25, 0.3) is 5.91 Å². The molecule has 10 heteroatoms. The molecular formula is C24H25ClN8O. The molecule has 0 aliphatic heterocycles. The van der Waals surface area contributed by atoms with Crippen molar-refractivity contribution in [3.8, 4) is 0 Å². The average molecular weight is 477 g/mol. The van der Waals surface area contributed by atoms with Crippen molar-refractivity contribution in [1.82, 2.24) is 29.1 Å². The molecule has 0 saturated heterocycles. The summed E-state index contributed by atoms with van der Waals surface area (Å²) in [6.45, 7) is 0.325. The number of fused-ring (bicyclic) bond motifs is 1.